The van der Waals surface area contributed by atoms with Crippen molar-refractivity contribution in [3.63, 3.8) is 0 Å². The number of halogens is 3. The molecule has 11 heteroatoms. The number of carbonyl (C=O) groups is 1. The third-order valence-electron chi connectivity index (χ3n) is 4.55. The monoisotopic (exact) mass is 447 g/mol. The van der Waals surface area contributed by atoms with E-state index in [0.29, 0.717) is 15.9 Å². The van der Waals surface area contributed by atoms with Crippen molar-refractivity contribution < 1.29 is 18.0 Å². The zero-order chi connectivity index (χ0) is 22.2. The van der Waals surface area contributed by atoms with E-state index in [9.17, 15) is 22.8 Å². The Bertz CT molecular complexity index is 1320. The molecule has 160 valence electrons. The van der Waals surface area contributed by atoms with Crippen molar-refractivity contribution in [2.45, 2.75) is 26.1 Å². The zero-order valence-corrected chi connectivity index (χ0v) is 17.0. The Kier molecular flexibility index (Phi) is 5.36. The van der Waals surface area contributed by atoms with Crippen molar-refractivity contribution in [2.24, 2.45) is 0 Å². The molecule has 3 aromatic heterocycles. The van der Waals surface area contributed by atoms with Gasteiger partial charge in [-0.25, -0.2) is 9.67 Å². The molecule has 0 saturated heterocycles. The Labute approximate surface area is 177 Å². The Morgan fingerprint density at radius 3 is 2.81 bits per heavy atom. The Morgan fingerprint density at radius 2 is 2.03 bits per heavy atom. The second kappa shape index (κ2) is 7.99. The second-order valence-corrected chi connectivity index (χ2v) is 7.71. The molecule has 0 aliphatic carbocycles. The molecular formula is C20H16F3N5O2S. The van der Waals surface area contributed by atoms with Crippen molar-refractivity contribution in [2.75, 3.05) is 5.32 Å². The smallest absolute Gasteiger partial charge is 0.311 e. The molecule has 0 radical (unpaired) electrons. The number of fused-ring (bicyclic) bond motifs is 1. The lowest BCUT2D eigenvalue weighted by molar-refractivity contribution is -0.137. The van der Waals surface area contributed by atoms with Crippen molar-refractivity contribution >= 4 is 33.3 Å². The number of thiophene rings is 1. The predicted octanol–water partition coefficient (Wildman–Crippen LogP) is 4.00. The molecular weight excluding hydrogens is 431 g/mol. The Morgan fingerprint density at radius 1 is 1.23 bits per heavy atom. The van der Waals surface area contributed by atoms with Gasteiger partial charge in [0.1, 0.15) is 10.6 Å². The summed E-state index contributed by atoms with van der Waals surface area (Å²) in [5.74, 6) is -0.175. The summed E-state index contributed by atoms with van der Waals surface area (Å²) in [4.78, 5) is 29.7. The fourth-order valence-electron chi connectivity index (χ4n) is 3.08. The lowest BCUT2D eigenvalue weighted by atomic mass is 10.2. The number of aryl methyl sites for hydroxylation is 2. The number of amides is 1. The minimum absolute atomic E-state index is 0.0238. The molecule has 0 saturated carbocycles. The molecule has 1 aromatic carbocycles. The van der Waals surface area contributed by atoms with Gasteiger partial charge in [-0.2, -0.15) is 18.3 Å². The molecule has 0 aliphatic heterocycles. The first kappa shape index (κ1) is 20.8. The SMILES string of the molecule is Cc1cc(NC(=O)CCn2cnc3sccc3c2=O)n(-c2cccc(C(F)(F)F)c2)n1. The molecule has 31 heavy (non-hydrogen) atoms. The molecule has 0 fully saturated rings. The molecule has 0 aliphatic rings. The van der Waals surface area contributed by atoms with Crippen LogP contribution >= 0.6 is 11.3 Å². The lowest BCUT2D eigenvalue weighted by Gasteiger charge is -2.12. The third kappa shape index (κ3) is 4.36. The van der Waals surface area contributed by atoms with Crippen LogP contribution in [0.25, 0.3) is 15.9 Å². The van der Waals surface area contributed by atoms with E-state index in [2.05, 4.69) is 15.4 Å². The van der Waals surface area contributed by atoms with Gasteiger partial charge in [0.15, 0.2) is 0 Å². The molecule has 4 rings (SSSR count). The first-order valence-corrected chi connectivity index (χ1v) is 10.1. The minimum Gasteiger partial charge on any atom is -0.311 e. The van der Waals surface area contributed by atoms with E-state index in [0.717, 1.165) is 12.1 Å². The molecule has 0 atom stereocenters. The second-order valence-electron chi connectivity index (χ2n) is 6.81. The van der Waals surface area contributed by atoms with Crippen molar-refractivity contribution in [1.29, 1.82) is 0 Å². The van der Waals surface area contributed by atoms with Crippen LogP contribution < -0.4 is 10.9 Å². The summed E-state index contributed by atoms with van der Waals surface area (Å²) in [5.41, 5.74) is -0.354. The molecule has 0 unspecified atom stereocenters. The van der Waals surface area contributed by atoms with Gasteiger partial charge >= 0.3 is 6.18 Å². The molecule has 1 amide bonds. The summed E-state index contributed by atoms with van der Waals surface area (Å²) < 4.78 is 41.7. The molecule has 4 aromatic rings. The quantitative estimate of drug-likeness (QED) is 0.502. The van der Waals surface area contributed by atoms with E-state index >= 15 is 0 Å². The molecule has 0 bridgehead atoms. The number of hydrogen-bond acceptors (Lipinski definition) is 5. The number of benzene rings is 1. The van der Waals surface area contributed by atoms with E-state index in [1.54, 1.807) is 24.4 Å². The molecule has 1 N–H and O–H groups in total. The summed E-state index contributed by atoms with van der Waals surface area (Å²) in [6.07, 6.45) is -3.12. The van der Waals surface area contributed by atoms with Gasteiger partial charge < -0.3 is 5.32 Å². The highest BCUT2D eigenvalue weighted by molar-refractivity contribution is 7.16. The number of anilines is 1. The fourth-order valence-corrected chi connectivity index (χ4v) is 3.80. The lowest BCUT2D eigenvalue weighted by Crippen LogP contribution is -2.23. The van der Waals surface area contributed by atoms with Crippen molar-refractivity contribution in [3.8, 4) is 5.69 Å². The number of aromatic nitrogens is 4. The number of rotatable bonds is 5. The Balaban J connectivity index is 1.51. The highest BCUT2D eigenvalue weighted by Gasteiger charge is 2.30. The van der Waals surface area contributed by atoms with E-state index in [4.69, 9.17) is 0 Å². The van der Waals surface area contributed by atoms with Gasteiger partial charge in [-0.3, -0.25) is 14.2 Å². The van der Waals surface area contributed by atoms with Crippen molar-refractivity contribution in [3.05, 3.63) is 69.7 Å². The minimum atomic E-state index is -4.49. The number of nitrogens with zero attached hydrogens (tertiary/aromatic N) is 4. The van der Waals surface area contributed by atoms with Crippen LogP contribution in [-0.2, 0) is 17.5 Å². The van der Waals surface area contributed by atoms with Crippen LogP contribution in [0.15, 0.2) is 52.9 Å². The predicted molar refractivity (Wildman–Crippen MR) is 110 cm³/mol. The van der Waals surface area contributed by atoms with Gasteiger partial charge in [-0.15, -0.1) is 11.3 Å². The summed E-state index contributed by atoms with van der Waals surface area (Å²) in [6, 6.07) is 7.92. The van der Waals surface area contributed by atoms with E-state index < -0.39 is 17.6 Å². The Hall–Kier alpha value is -3.47. The maximum atomic E-state index is 13.0. The van der Waals surface area contributed by atoms with Gasteiger partial charge in [0.2, 0.25) is 5.91 Å². The average Bonchev–Trinajstić information content (AvgIpc) is 3.34. The number of hydrogen-bond donors (Lipinski definition) is 1. The maximum Gasteiger partial charge on any atom is 0.416 e. The van der Waals surface area contributed by atoms with Crippen LogP contribution in [0, 0.1) is 6.92 Å². The van der Waals surface area contributed by atoms with Crippen LogP contribution in [-0.4, -0.2) is 25.2 Å². The van der Waals surface area contributed by atoms with Gasteiger partial charge in [0, 0.05) is 19.0 Å². The highest BCUT2D eigenvalue weighted by atomic mass is 32.1. The van der Waals surface area contributed by atoms with E-state index in [1.165, 1.54) is 39.0 Å². The fraction of sp³-hybridized carbons (Fsp3) is 0.200. The van der Waals surface area contributed by atoms with Gasteiger partial charge in [-0.1, -0.05) is 6.07 Å². The number of nitrogens with one attached hydrogen (secondary N) is 1. The van der Waals surface area contributed by atoms with Gasteiger partial charge in [0.25, 0.3) is 5.56 Å². The number of carbonyl (C=O) groups excluding carboxylic acids is 1. The standard InChI is InChI=1S/C20H16F3N5O2S/c1-12-9-16(28(26-12)14-4-2-3-13(10-14)20(21,22)23)25-17(29)5-7-27-11-24-18-15(19(27)30)6-8-31-18/h2-4,6,8-11H,5,7H2,1H3,(H,25,29). The highest BCUT2D eigenvalue weighted by Crippen LogP contribution is 2.31. The van der Waals surface area contributed by atoms with Crippen LogP contribution in [0.3, 0.4) is 0 Å². The average molecular weight is 447 g/mol. The summed E-state index contributed by atoms with van der Waals surface area (Å²) in [5, 5.41) is 9.11. The van der Waals surface area contributed by atoms with Crippen molar-refractivity contribution in [1.82, 2.24) is 19.3 Å². The normalized spacial score (nSPS) is 11.7. The summed E-state index contributed by atoms with van der Waals surface area (Å²) in [6.45, 7) is 1.78. The maximum absolute atomic E-state index is 13.0. The largest absolute Gasteiger partial charge is 0.416 e. The summed E-state index contributed by atoms with van der Waals surface area (Å²) >= 11 is 1.36. The zero-order valence-electron chi connectivity index (χ0n) is 16.2. The van der Waals surface area contributed by atoms with E-state index in [-0.39, 0.29) is 30.0 Å². The van der Waals surface area contributed by atoms with Crippen LogP contribution in [0.2, 0.25) is 0 Å². The van der Waals surface area contributed by atoms with Gasteiger partial charge in [-0.05, 0) is 36.6 Å². The topological polar surface area (TPSA) is 81.8 Å². The van der Waals surface area contributed by atoms with Crippen LogP contribution in [0.5, 0.6) is 0 Å². The third-order valence-corrected chi connectivity index (χ3v) is 5.37. The van der Waals surface area contributed by atoms with Crippen LogP contribution in [0.4, 0.5) is 19.0 Å². The first-order chi connectivity index (χ1) is 14.7. The molecule has 0 spiro atoms. The summed E-state index contributed by atoms with van der Waals surface area (Å²) in [7, 11) is 0. The first-order valence-electron chi connectivity index (χ1n) is 9.19. The molecule has 7 nitrogen and oxygen atoms in total. The number of alkyl halides is 3. The van der Waals surface area contributed by atoms with Gasteiger partial charge in [0.05, 0.1) is 28.7 Å². The van der Waals surface area contributed by atoms with E-state index in [1.807, 2.05) is 0 Å². The van der Waals surface area contributed by atoms with Crippen LogP contribution in [0.1, 0.15) is 17.7 Å². The molecule has 3 heterocycles.